The summed E-state index contributed by atoms with van der Waals surface area (Å²) < 4.78 is 5.71. The van der Waals surface area contributed by atoms with Crippen molar-refractivity contribution in [3.05, 3.63) is 29.3 Å². The van der Waals surface area contributed by atoms with E-state index in [-0.39, 0.29) is 0 Å². The van der Waals surface area contributed by atoms with Crippen LogP contribution in [0.5, 0.6) is 5.75 Å². The number of hydrogen-bond acceptors (Lipinski definition) is 2. The van der Waals surface area contributed by atoms with E-state index in [4.69, 9.17) is 10.00 Å². The average Bonchev–Trinajstić information content (AvgIpc) is 2.35. The van der Waals surface area contributed by atoms with Crippen molar-refractivity contribution in [1.82, 2.24) is 0 Å². The molecule has 1 aromatic rings. The van der Waals surface area contributed by atoms with E-state index in [0.29, 0.717) is 5.56 Å². The van der Waals surface area contributed by atoms with Crippen LogP contribution in [0.4, 0.5) is 0 Å². The molecule has 2 heteroatoms. The number of nitrogens with zero attached hydrogens (tertiary/aromatic N) is 1. The molecule has 0 heterocycles. The van der Waals surface area contributed by atoms with Gasteiger partial charge in [0.15, 0.2) is 0 Å². The van der Waals surface area contributed by atoms with Gasteiger partial charge in [-0.15, -0.1) is 0 Å². The highest BCUT2D eigenvalue weighted by molar-refractivity contribution is 5.41. The molecule has 0 saturated carbocycles. The Balaban J connectivity index is 2.33. The standard InChI is InChI=1S/C15H21NO/c1-3-4-5-6-7-10-17-15-11-14(12-16)9-8-13(15)2/h8-9,11H,3-7,10H2,1-2H3. The van der Waals surface area contributed by atoms with E-state index < -0.39 is 0 Å². The van der Waals surface area contributed by atoms with E-state index in [1.165, 1.54) is 25.7 Å². The molecule has 0 bridgehead atoms. The van der Waals surface area contributed by atoms with E-state index in [9.17, 15) is 0 Å². The highest BCUT2D eigenvalue weighted by Crippen LogP contribution is 2.19. The minimum atomic E-state index is 0.664. The molecule has 0 unspecified atom stereocenters. The number of aryl methyl sites for hydroxylation is 1. The van der Waals surface area contributed by atoms with Gasteiger partial charge in [0.25, 0.3) is 0 Å². The van der Waals surface area contributed by atoms with Gasteiger partial charge in [-0.2, -0.15) is 5.26 Å². The summed E-state index contributed by atoms with van der Waals surface area (Å²) in [4.78, 5) is 0. The normalized spacial score (nSPS) is 9.94. The molecule has 1 aromatic carbocycles. The Labute approximate surface area is 104 Å². The molecule has 0 spiro atoms. The molecule has 0 saturated heterocycles. The molecule has 0 N–H and O–H groups in total. The molecule has 0 atom stereocenters. The number of unbranched alkanes of at least 4 members (excludes halogenated alkanes) is 4. The van der Waals surface area contributed by atoms with E-state index in [2.05, 4.69) is 13.0 Å². The molecular weight excluding hydrogens is 210 g/mol. The number of nitriles is 1. The van der Waals surface area contributed by atoms with Gasteiger partial charge >= 0.3 is 0 Å². The molecule has 2 nitrogen and oxygen atoms in total. The second kappa shape index (κ2) is 7.73. The minimum absolute atomic E-state index is 0.664. The molecule has 0 amide bonds. The van der Waals surface area contributed by atoms with Crippen molar-refractivity contribution in [3.8, 4) is 11.8 Å². The summed E-state index contributed by atoms with van der Waals surface area (Å²) in [5, 5.41) is 8.82. The van der Waals surface area contributed by atoms with Gasteiger partial charge in [-0.1, -0.05) is 38.7 Å². The van der Waals surface area contributed by atoms with Crippen LogP contribution in [-0.4, -0.2) is 6.61 Å². The average molecular weight is 231 g/mol. The van der Waals surface area contributed by atoms with Crippen molar-refractivity contribution in [2.75, 3.05) is 6.61 Å². The monoisotopic (exact) mass is 231 g/mol. The Morgan fingerprint density at radius 2 is 1.94 bits per heavy atom. The van der Waals surface area contributed by atoms with Gasteiger partial charge in [-0.3, -0.25) is 0 Å². The first-order valence-electron chi connectivity index (χ1n) is 6.41. The maximum atomic E-state index is 8.82. The van der Waals surface area contributed by atoms with Crippen LogP contribution in [0.3, 0.4) is 0 Å². The molecule has 0 radical (unpaired) electrons. The van der Waals surface area contributed by atoms with E-state index >= 15 is 0 Å². The van der Waals surface area contributed by atoms with Crippen molar-refractivity contribution < 1.29 is 4.74 Å². The van der Waals surface area contributed by atoms with E-state index in [1.807, 2.05) is 25.1 Å². The lowest BCUT2D eigenvalue weighted by Crippen LogP contribution is -1.99. The number of hydrogen-bond donors (Lipinski definition) is 0. The molecule has 17 heavy (non-hydrogen) atoms. The molecule has 0 aliphatic carbocycles. The Kier molecular flexibility index (Phi) is 6.17. The van der Waals surface area contributed by atoms with Gasteiger partial charge in [0.1, 0.15) is 5.75 Å². The molecule has 0 fully saturated rings. The van der Waals surface area contributed by atoms with Crippen LogP contribution in [0.1, 0.15) is 50.2 Å². The fourth-order valence-electron chi connectivity index (χ4n) is 1.71. The largest absolute Gasteiger partial charge is 0.493 e. The zero-order valence-electron chi connectivity index (χ0n) is 10.8. The van der Waals surface area contributed by atoms with Crippen molar-refractivity contribution in [1.29, 1.82) is 5.26 Å². The summed E-state index contributed by atoms with van der Waals surface area (Å²) in [6, 6.07) is 7.71. The highest BCUT2D eigenvalue weighted by Gasteiger charge is 2.01. The maximum absolute atomic E-state index is 8.82. The zero-order chi connectivity index (χ0) is 12.5. The third-order valence-electron chi connectivity index (χ3n) is 2.82. The van der Waals surface area contributed by atoms with Crippen LogP contribution in [0.15, 0.2) is 18.2 Å². The first-order chi connectivity index (χ1) is 8.27. The second-order valence-corrected chi connectivity index (χ2v) is 4.35. The first-order valence-corrected chi connectivity index (χ1v) is 6.41. The summed E-state index contributed by atoms with van der Waals surface area (Å²) in [6.07, 6.45) is 6.19. The van der Waals surface area contributed by atoms with Crippen LogP contribution < -0.4 is 4.74 Å². The number of rotatable bonds is 7. The summed E-state index contributed by atoms with van der Waals surface area (Å²) in [5.41, 5.74) is 1.76. The van der Waals surface area contributed by atoms with Crippen molar-refractivity contribution >= 4 is 0 Å². The molecule has 0 aliphatic heterocycles. The van der Waals surface area contributed by atoms with Crippen LogP contribution in [-0.2, 0) is 0 Å². The van der Waals surface area contributed by atoms with Gasteiger partial charge in [-0.05, 0) is 31.0 Å². The minimum Gasteiger partial charge on any atom is -0.493 e. The number of benzene rings is 1. The molecule has 1 rings (SSSR count). The Bertz CT molecular complexity index is 379. The Morgan fingerprint density at radius 3 is 2.65 bits per heavy atom. The van der Waals surface area contributed by atoms with Crippen LogP contribution in [0, 0.1) is 18.3 Å². The topological polar surface area (TPSA) is 33.0 Å². The predicted octanol–water partition coefficient (Wildman–Crippen LogP) is 4.22. The summed E-state index contributed by atoms with van der Waals surface area (Å²) in [6.45, 7) is 4.97. The zero-order valence-corrected chi connectivity index (χ0v) is 10.8. The summed E-state index contributed by atoms with van der Waals surface area (Å²) >= 11 is 0. The van der Waals surface area contributed by atoms with Gasteiger partial charge in [0, 0.05) is 0 Å². The van der Waals surface area contributed by atoms with Crippen LogP contribution >= 0.6 is 0 Å². The second-order valence-electron chi connectivity index (χ2n) is 4.35. The maximum Gasteiger partial charge on any atom is 0.123 e. The quantitative estimate of drug-likeness (QED) is 0.658. The summed E-state index contributed by atoms with van der Waals surface area (Å²) in [7, 11) is 0. The third-order valence-corrected chi connectivity index (χ3v) is 2.82. The van der Waals surface area contributed by atoms with E-state index in [0.717, 1.165) is 24.3 Å². The van der Waals surface area contributed by atoms with Crippen molar-refractivity contribution in [2.24, 2.45) is 0 Å². The molecular formula is C15H21NO. The first kappa shape index (κ1) is 13.6. The molecule has 0 aromatic heterocycles. The van der Waals surface area contributed by atoms with Crippen molar-refractivity contribution in [2.45, 2.75) is 46.0 Å². The van der Waals surface area contributed by atoms with Gasteiger partial charge < -0.3 is 4.74 Å². The van der Waals surface area contributed by atoms with Gasteiger partial charge in [0.05, 0.1) is 18.2 Å². The third kappa shape index (κ3) is 4.91. The fraction of sp³-hybridized carbons (Fsp3) is 0.533. The smallest absolute Gasteiger partial charge is 0.123 e. The fourth-order valence-corrected chi connectivity index (χ4v) is 1.71. The molecule has 92 valence electrons. The van der Waals surface area contributed by atoms with Crippen molar-refractivity contribution in [3.63, 3.8) is 0 Å². The highest BCUT2D eigenvalue weighted by atomic mass is 16.5. The van der Waals surface area contributed by atoms with E-state index in [1.54, 1.807) is 0 Å². The SMILES string of the molecule is CCCCCCCOc1cc(C#N)ccc1C. The predicted molar refractivity (Wildman–Crippen MR) is 70.1 cm³/mol. The Morgan fingerprint density at radius 1 is 1.18 bits per heavy atom. The summed E-state index contributed by atoms with van der Waals surface area (Å²) in [5.74, 6) is 0.847. The lowest BCUT2D eigenvalue weighted by molar-refractivity contribution is 0.302. The van der Waals surface area contributed by atoms with Gasteiger partial charge in [-0.25, -0.2) is 0 Å². The van der Waals surface area contributed by atoms with Crippen LogP contribution in [0.25, 0.3) is 0 Å². The van der Waals surface area contributed by atoms with Gasteiger partial charge in [0.2, 0.25) is 0 Å². The molecule has 0 aliphatic rings. The Hall–Kier alpha value is -1.49. The van der Waals surface area contributed by atoms with Crippen LogP contribution in [0.2, 0.25) is 0 Å². The lowest BCUT2D eigenvalue weighted by Gasteiger charge is -2.09. The number of ether oxygens (including phenoxy) is 1. The lowest BCUT2D eigenvalue weighted by atomic mass is 10.1.